The molecular weight excluding hydrogens is 361 g/mol. The lowest BCUT2D eigenvalue weighted by molar-refractivity contribution is 0.102. The molecule has 1 N–H and O–H groups in total. The topological polar surface area (TPSA) is 64.0 Å². The summed E-state index contributed by atoms with van der Waals surface area (Å²) in [5, 5.41) is 7.72. The molecule has 0 atom stereocenters. The van der Waals surface area contributed by atoms with Crippen LogP contribution >= 0.6 is 23.2 Å². The number of hydrogen-bond acceptors (Lipinski definition) is 3. The van der Waals surface area contributed by atoms with Gasteiger partial charge >= 0.3 is 0 Å². The predicted octanol–water partition coefficient (Wildman–Crippen LogP) is 4.01. The standard InChI is InChI=1S/C18H13Cl2N3O2/c1-23-17(24)9-8-16(22-23)11-2-5-13(6-3-11)21-18(25)14-7-4-12(19)10-15(14)20/h2-10H,1H3,(H,21,25). The number of rotatable bonds is 3. The van der Waals surface area contributed by atoms with Gasteiger partial charge in [-0.15, -0.1) is 0 Å². The molecule has 0 aliphatic carbocycles. The Morgan fingerprint density at radius 2 is 1.76 bits per heavy atom. The van der Waals surface area contributed by atoms with E-state index in [2.05, 4.69) is 10.4 Å². The van der Waals surface area contributed by atoms with E-state index in [9.17, 15) is 9.59 Å². The number of hydrogen-bond donors (Lipinski definition) is 1. The first-order valence-corrected chi connectivity index (χ1v) is 8.11. The second kappa shape index (κ2) is 7.09. The lowest BCUT2D eigenvalue weighted by Gasteiger charge is -2.08. The fraction of sp³-hybridized carbons (Fsp3) is 0.0556. The van der Waals surface area contributed by atoms with Gasteiger partial charge < -0.3 is 5.32 Å². The smallest absolute Gasteiger partial charge is 0.266 e. The van der Waals surface area contributed by atoms with E-state index in [4.69, 9.17) is 23.2 Å². The van der Waals surface area contributed by atoms with Crippen LogP contribution in [0.4, 0.5) is 5.69 Å². The number of aryl methyl sites for hydroxylation is 1. The summed E-state index contributed by atoms with van der Waals surface area (Å²) in [6.07, 6.45) is 0. The van der Waals surface area contributed by atoms with E-state index in [1.807, 2.05) is 12.1 Å². The summed E-state index contributed by atoms with van der Waals surface area (Å²) in [6.45, 7) is 0. The fourth-order valence-electron chi connectivity index (χ4n) is 2.25. The van der Waals surface area contributed by atoms with E-state index >= 15 is 0 Å². The lowest BCUT2D eigenvalue weighted by Crippen LogP contribution is -2.18. The Morgan fingerprint density at radius 3 is 2.40 bits per heavy atom. The molecule has 0 spiro atoms. The minimum Gasteiger partial charge on any atom is -0.322 e. The minimum absolute atomic E-state index is 0.174. The molecule has 2 aromatic carbocycles. The van der Waals surface area contributed by atoms with Crippen molar-refractivity contribution in [3.05, 3.63) is 80.6 Å². The first-order chi connectivity index (χ1) is 11.9. The van der Waals surface area contributed by atoms with Gasteiger partial charge in [0.15, 0.2) is 0 Å². The van der Waals surface area contributed by atoms with Crippen LogP contribution in [0.3, 0.4) is 0 Å². The van der Waals surface area contributed by atoms with E-state index in [-0.39, 0.29) is 16.5 Å². The van der Waals surface area contributed by atoms with Gasteiger partial charge in [-0.2, -0.15) is 5.10 Å². The molecule has 3 aromatic rings. The maximum Gasteiger partial charge on any atom is 0.266 e. The summed E-state index contributed by atoms with van der Waals surface area (Å²) in [5.74, 6) is -0.324. The third-order valence-corrected chi connectivity index (χ3v) is 4.12. The molecule has 0 fully saturated rings. The number of carbonyl (C=O) groups excluding carboxylic acids is 1. The Labute approximate surface area is 153 Å². The highest BCUT2D eigenvalue weighted by Gasteiger charge is 2.11. The summed E-state index contributed by atoms with van der Waals surface area (Å²) in [4.78, 5) is 23.7. The normalized spacial score (nSPS) is 10.5. The molecule has 3 rings (SSSR count). The first-order valence-electron chi connectivity index (χ1n) is 7.35. The fourth-order valence-corrected chi connectivity index (χ4v) is 2.75. The molecule has 1 amide bonds. The van der Waals surface area contributed by atoms with E-state index in [1.54, 1.807) is 37.4 Å². The SMILES string of the molecule is Cn1nc(-c2ccc(NC(=O)c3ccc(Cl)cc3Cl)cc2)ccc1=O. The Hall–Kier alpha value is -2.63. The summed E-state index contributed by atoms with van der Waals surface area (Å²) < 4.78 is 1.27. The predicted molar refractivity (Wildman–Crippen MR) is 99.3 cm³/mol. The average Bonchev–Trinajstić information content (AvgIpc) is 2.58. The number of carbonyl (C=O) groups is 1. The van der Waals surface area contributed by atoms with E-state index < -0.39 is 0 Å². The van der Waals surface area contributed by atoms with E-state index in [0.29, 0.717) is 22.0 Å². The molecule has 0 bridgehead atoms. The van der Waals surface area contributed by atoms with Crippen molar-refractivity contribution in [2.24, 2.45) is 7.05 Å². The van der Waals surface area contributed by atoms with Crippen molar-refractivity contribution < 1.29 is 4.79 Å². The van der Waals surface area contributed by atoms with Crippen LogP contribution in [-0.4, -0.2) is 15.7 Å². The maximum absolute atomic E-state index is 12.3. The number of nitrogens with one attached hydrogen (secondary N) is 1. The Kier molecular flexibility index (Phi) is 4.88. The largest absolute Gasteiger partial charge is 0.322 e. The monoisotopic (exact) mass is 373 g/mol. The quantitative estimate of drug-likeness (QED) is 0.754. The number of anilines is 1. The van der Waals surface area contributed by atoms with Crippen molar-refractivity contribution in [1.29, 1.82) is 0 Å². The summed E-state index contributed by atoms with van der Waals surface area (Å²) in [5.41, 5.74) is 2.28. The molecule has 0 aliphatic heterocycles. The van der Waals surface area contributed by atoms with Crippen LogP contribution in [0.2, 0.25) is 10.0 Å². The molecule has 1 aromatic heterocycles. The lowest BCUT2D eigenvalue weighted by atomic mass is 10.1. The van der Waals surface area contributed by atoms with Gasteiger partial charge in [-0.05, 0) is 36.4 Å². The molecule has 0 saturated heterocycles. The molecule has 0 saturated carbocycles. The molecule has 126 valence electrons. The molecule has 0 aliphatic rings. The van der Waals surface area contributed by atoms with Crippen molar-refractivity contribution in [3.63, 3.8) is 0 Å². The van der Waals surface area contributed by atoms with Crippen LogP contribution in [0.5, 0.6) is 0 Å². The zero-order valence-corrected chi connectivity index (χ0v) is 14.7. The van der Waals surface area contributed by atoms with Crippen LogP contribution in [0.25, 0.3) is 11.3 Å². The molecular formula is C18H13Cl2N3O2. The van der Waals surface area contributed by atoms with Crippen LogP contribution in [-0.2, 0) is 7.05 Å². The molecule has 7 heteroatoms. The number of halogens is 2. The van der Waals surface area contributed by atoms with Crippen molar-refractivity contribution >= 4 is 34.8 Å². The Morgan fingerprint density at radius 1 is 1.04 bits per heavy atom. The first kappa shape index (κ1) is 17.2. The van der Waals surface area contributed by atoms with Gasteiger partial charge in [0.25, 0.3) is 11.5 Å². The second-order valence-electron chi connectivity index (χ2n) is 5.34. The molecule has 25 heavy (non-hydrogen) atoms. The number of nitrogens with zero attached hydrogens (tertiary/aromatic N) is 2. The van der Waals surface area contributed by atoms with Gasteiger partial charge in [0, 0.05) is 29.4 Å². The summed E-state index contributed by atoms with van der Waals surface area (Å²) in [6, 6.07) is 14.9. The van der Waals surface area contributed by atoms with Gasteiger partial charge in [-0.3, -0.25) is 9.59 Å². The van der Waals surface area contributed by atoms with Gasteiger partial charge in [0.05, 0.1) is 16.3 Å². The number of aromatic nitrogens is 2. The second-order valence-corrected chi connectivity index (χ2v) is 6.18. The third kappa shape index (κ3) is 3.90. The molecule has 1 heterocycles. The average molecular weight is 374 g/mol. The maximum atomic E-state index is 12.3. The van der Waals surface area contributed by atoms with Crippen molar-refractivity contribution in [3.8, 4) is 11.3 Å². The zero-order valence-electron chi connectivity index (χ0n) is 13.2. The van der Waals surface area contributed by atoms with E-state index in [1.165, 1.54) is 16.8 Å². The van der Waals surface area contributed by atoms with Crippen LogP contribution in [0.15, 0.2) is 59.4 Å². The van der Waals surface area contributed by atoms with Crippen molar-refractivity contribution in [2.45, 2.75) is 0 Å². The van der Waals surface area contributed by atoms with Gasteiger partial charge in [-0.1, -0.05) is 35.3 Å². The number of amides is 1. The van der Waals surface area contributed by atoms with Gasteiger partial charge in [0.1, 0.15) is 0 Å². The molecule has 5 nitrogen and oxygen atoms in total. The molecule has 0 unspecified atom stereocenters. The highest BCUT2D eigenvalue weighted by atomic mass is 35.5. The van der Waals surface area contributed by atoms with Crippen LogP contribution < -0.4 is 10.9 Å². The highest BCUT2D eigenvalue weighted by molar-refractivity contribution is 6.37. The Bertz CT molecular complexity index is 998. The zero-order chi connectivity index (χ0) is 18.0. The summed E-state index contributed by atoms with van der Waals surface area (Å²) in [7, 11) is 1.59. The number of benzene rings is 2. The van der Waals surface area contributed by atoms with Crippen LogP contribution in [0, 0.1) is 0 Å². The van der Waals surface area contributed by atoms with Crippen molar-refractivity contribution in [1.82, 2.24) is 9.78 Å². The minimum atomic E-state index is -0.324. The highest BCUT2D eigenvalue weighted by Crippen LogP contribution is 2.23. The van der Waals surface area contributed by atoms with Gasteiger partial charge in [-0.25, -0.2) is 4.68 Å². The van der Waals surface area contributed by atoms with E-state index in [0.717, 1.165) is 5.56 Å². The summed E-state index contributed by atoms with van der Waals surface area (Å²) >= 11 is 11.9. The van der Waals surface area contributed by atoms with Gasteiger partial charge in [0.2, 0.25) is 0 Å². The third-order valence-electron chi connectivity index (χ3n) is 3.57. The Balaban J connectivity index is 1.79. The molecule has 0 radical (unpaired) electrons. The van der Waals surface area contributed by atoms with Crippen molar-refractivity contribution in [2.75, 3.05) is 5.32 Å². The van der Waals surface area contributed by atoms with Crippen LogP contribution in [0.1, 0.15) is 10.4 Å².